The number of fused-ring (bicyclic) bond motifs is 2. The molecule has 1 atom stereocenters. The average molecular weight is 1170 g/mol. The summed E-state index contributed by atoms with van der Waals surface area (Å²) in [5.74, 6) is -6.07. The summed E-state index contributed by atoms with van der Waals surface area (Å²) < 4.78 is 97.1. The van der Waals surface area contributed by atoms with Gasteiger partial charge >= 0.3 is 26.4 Å². The first-order chi connectivity index (χ1) is 36.8. The quantitative estimate of drug-likeness (QED) is 0.0865. The Morgan fingerprint density at radius 1 is 0.718 bits per heavy atom. The monoisotopic (exact) mass is 1170 g/mol. The summed E-state index contributed by atoms with van der Waals surface area (Å²) in [5.41, 5.74) is 9.17. The van der Waals surface area contributed by atoms with Gasteiger partial charge in [-0.05, 0) is 122 Å². The molecule has 10 heterocycles. The maximum absolute atomic E-state index is 15.7. The molecule has 0 bridgehead atoms. The molecule has 2 fully saturated rings. The van der Waals surface area contributed by atoms with Crippen LogP contribution in [0.1, 0.15) is 70.5 Å². The van der Waals surface area contributed by atoms with E-state index in [9.17, 15) is 0 Å². The van der Waals surface area contributed by atoms with Gasteiger partial charge in [-0.15, -0.1) is 36.6 Å². The maximum Gasteiger partial charge on any atom is 2.00 e. The van der Waals surface area contributed by atoms with Crippen LogP contribution < -0.4 is 5.32 Å². The van der Waals surface area contributed by atoms with Gasteiger partial charge in [0.15, 0.2) is 29.0 Å². The van der Waals surface area contributed by atoms with Gasteiger partial charge in [-0.3, -0.25) is 19.9 Å². The van der Waals surface area contributed by atoms with Crippen molar-refractivity contribution in [2.75, 3.05) is 18.4 Å². The zero-order chi connectivity index (χ0) is 53.1. The van der Waals surface area contributed by atoms with Crippen LogP contribution in [0.2, 0.25) is 0 Å². The minimum Gasteiger partial charge on any atom is -0.688 e. The first-order valence-corrected chi connectivity index (χ1v) is 24.9. The van der Waals surface area contributed by atoms with E-state index in [0.717, 1.165) is 59.6 Å². The molecule has 400 valence electrons. The largest absolute Gasteiger partial charge is 2.00 e. The summed E-state index contributed by atoms with van der Waals surface area (Å²) in [5, 5.41) is 19.8. The molecule has 0 radical (unpaired) electrons. The number of benzene rings is 2. The zero-order valence-corrected chi connectivity index (χ0v) is 45.4. The fourth-order valence-corrected chi connectivity index (χ4v) is 10.2. The van der Waals surface area contributed by atoms with Crippen LogP contribution in [0.5, 0.6) is 0 Å². The van der Waals surface area contributed by atoms with E-state index in [2.05, 4.69) is 46.2 Å². The molecule has 2 aromatic carbocycles. The van der Waals surface area contributed by atoms with Crippen molar-refractivity contribution in [2.24, 2.45) is 0 Å². The van der Waals surface area contributed by atoms with Gasteiger partial charge in [0, 0.05) is 42.6 Å². The molecule has 21 heteroatoms. The second-order valence-corrected chi connectivity index (χ2v) is 18.6. The molecule has 2 saturated heterocycles. The van der Waals surface area contributed by atoms with Crippen molar-refractivity contribution >= 4 is 42.4 Å². The Morgan fingerprint density at radius 3 is 1.77 bits per heavy atom. The van der Waals surface area contributed by atoms with Crippen molar-refractivity contribution in [3.05, 3.63) is 224 Å². The first kappa shape index (κ1) is 56.7. The summed E-state index contributed by atoms with van der Waals surface area (Å²) in [4.78, 5) is 16.7. The summed E-state index contributed by atoms with van der Waals surface area (Å²) >= 11 is 0. The molecule has 0 aliphatic carbocycles. The van der Waals surface area contributed by atoms with Crippen molar-refractivity contribution in [2.45, 2.75) is 66.0 Å². The Bertz CT molecular complexity index is 3360. The molecule has 4 aliphatic heterocycles. The molecule has 6 aromatic heterocycles. The van der Waals surface area contributed by atoms with Gasteiger partial charge < -0.3 is 33.5 Å². The van der Waals surface area contributed by atoms with Crippen molar-refractivity contribution in [3.8, 4) is 28.5 Å². The van der Waals surface area contributed by atoms with Crippen molar-refractivity contribution in [1.82, 2.24) is 39.4 Å². The van der Waals surface area contributed by atoms with Crippen molar-refractivity contribution in [3.63, 3.8) is 0 Å². The number of nitrogens with zero attached hydrogens (tertiary/aromatic N) is 11. The fourth-order valence-electron chi connectivity index (χ4n) is 10.2. The normalized spacial score (nSPS) is 16.3. The van der Waals surface area contributed by atoms with Crippen LogP contribution >= 0.6 is 12.4 Å². The van der Waals surface area contributed by atoms with E-state index in [4.69, 9.17) is 0 Å². The number of nitrogens with one attached hydrogen (secondary N) is 1. The van der Waals surface area contributed by atoms with Crippen molar-refractivity contribution < 1.29 is 50.2 Å². The Kier molecular flexibility index (Phi) is 17.7. The molecule has 0 spiro atoms. The van der Waals surface area contributed by atoms with E-state index in [-0.39, 0.29) is 49.7 Å². The Labute approximate surface area is 466 Å². The third-order valence-corrected chi connectivity index (χ3v) is 14.0. The van der Waals surface area contributed by atoms with E-state index in [0.29, 0.717) is 67.1 Å². The number of rotatable bonds is 9. The molecule has 0 amide bonds. The maximum atomic E-state index is 15.7. The molecular formula is C57H52BClF6N12Ru. The summed E-state index contributed by atoms with van der Waals surface area (Å²) in [6.07, 6.45) is 17.1. The van der Waals surface area contributed by atoms with Crippen LogP contribution in [0.3, 0.4) is 0 Å². The van der Waals surface area contributed by atoms with Gasteiger partial charge in [0.2, 0.25) is 0 Å². The third kappa shape index (κ3) is 11.0. The molecule has 0 saturated carbocycles. The van der Waals surface area contributed by atoms with Crippen LogP contribution in [0.15, 0.2) is 146 Å². The Hall–Kier alpha value is -7.53. The van der Waals surface area contributed by atoms with E-state index in [1.807, 2.05) is 100 Å². The third-order valence-electron chi connectivity index (χ3n) is 14.0. The summed E-state index contributed by atoms with van der Waals surface area (Å²) in [6.45, 7) is 4.29. The number of hydrogen-bond donors (Lipinski definition) is 1. The van der Waals surface area contributed by atoms with Crippen molar-refractivity contribution in [1.29, 1.82) is 0 Å². The predicted molar refractivity (Wildman–Crippen MR) is 291 cm³/mol. The molecule has 1 unspecified atom stereocenters. The molecule has 12 nitrogen and oxygen atoms in total. The van der Waals surface area contributed by atoms with E-state index in [1.165, 1.54) is 17.1 Å². The minimum atomic E-state index is -4.05. The topological polar surface area (TPSA) is 130 Å². The Balaban J connectivity index is 0.000000252. The number of pyridine rings is 4. The summed E-state index contributed by atoms with van der Waals surface area (Å²) in [6, 6.07) is 25.9. The molecule has 78 heavy (non-hydrogen) atoms. The smallest absolute Gasteiger partial charge is 0.688 e. The SMILES string of the molecule is Cc1c(C)c(-n2cc(CNc3c(F)c(F)c(C(=C4CCC[N-]4)C4CCC[N-]4)c(F)c3F)nn2)c(C)c(C)c1C1=C2C=CC=[N+]2[B-](F)(F)n2cccc21.Cl.[Ru+2].c1ccc(-c2ccccn2)nc1.c1ccc(-c2ccccn2)nc1. The molecule has 1 N–H and O–H groups in total. The van der Waals surface area contributed by atoms with Crippen LogP contribution in [-0.2, 0) is 26.0 Å². The molecule has 8 aromatic rings. The van der Waals surface area contributed by atoms with Gasteiger partial charge in [-0.1, -0.05) is 60.7 Å². The number of aromatic nitrogens is 8. The molecule has 12 rings (SSSR count). The van der Waals surface area contributed by atoms with E-state index in [1.54, 1.807) is 55.3 Å². The fraction of sp³-hybridized carbons (Fsp3) is 0.211. The second-order valence-electron chi connectivity index (χ2n) is 18.6. The van der Waals surface area contributed by atoms with Crippen LogP contribution in [0.25, 0.3) is 50.2 Å². The van der Waals surface area contributed by atoms with Crippen LogP contribution in [-0.4, -0.2) is 76.2 Å². The minimum absolute atomic E-state index is 0. The zero-order valence-electron chi connectivity index (χ0n) is 42.8. The van der Waals surface area contributed by atoms with Crippen LogP contribution in [0.4, 0.5) is 31.9 Å². The van der Waals surface area contributed by atoms with Gasteiger partial charge in [0.05, 0.1) is 52.3 Å². The molecule has 4 aliphatic rings. The average Bonchev–Trinajstić information content (AvgIpc) is 4.37. The van der Waals surface area contributed by atoms with E-state index >= 15 is 26.2 Å². The number of allylic oxidation sites excluding steroid dienone is 3. The standard InChI is InChI=1S/C37H35BF6N8.2C10H8N2.ClH.Ru/c1-19-21(3)37(22(4)20(2)28(19)30-26-11-7-15-50(26)38(43,44)51-16-8-12-27(30)51)52-18-23(48-49-52)17-47-36-34(41)32(39)31(33(40)35(36)42)29(24-9-5-13-45-24)25-10-6-14-46-25;2*1-3-7-11-9(5-1)10-6-2-4-8-12-10;;/h7-8,11-12,15-16,18,24,47H,5-6,9-10,13-14,17H2,1-4H3;2*1-8H;1H;/q-2;;;;+2. The van der Waals surface area contributed by atoms with Gasteiger partial charge in [-0.25, -0.2) is 22.2 Å². The van der Waals surface area contributed by atoms with Gasteiger partial charge in [-0.2, -0.15) is 5.70 Å². The first-order valence-electron chi connectivity index (χ1n) is 24.9. The predicted octanol–water partition coefficient (Wildman–Crippen LogP) is 13.2. The van der Waals surface area contributed by atoms with Crippen LogP contribution in [0, 0.1) is 51.0 Å². The Morgan fingerprint density at radius 2 is 1.28 bits per heavy atom. The molecular weight excluding hydrogens is 1110 g/mol. The summed E-state index contributed by atoms with van der Waals surface area (Å²) in [7, 11) is 0. The number of anilines is 1. The van der Waals surface area contributed by atoms with E-state index < -0.39 is 47.5 Å². The number of halogens is 7. The van der Waals surface area contributed by atoms with Gasteiger partial charge in [0.25, 0.3) is 0 Å². The van der Waals surface area contributed by atoms with Gasteiger partial charge in [0.1, 0.15) is 17.6 Å². The second kappa shape index (κ2) is 24.4. The number of hydrogen-bond acceptors (Lipinski definition) is 7.